The molecule has 0 fully saturated rings. The van der Waals surface area contributed by atoms with Gasteiger partial charge in [0.25, 0.3) is 0 Å². The first kappa shape index (κ1) is 15.0. The van der Waals surface area contributed by atoms with Gasteiger partial charge >= 0.3 is 11.6 Å². The summed E-state index contributed by atoms with van der Waals surface area (Å²) in [6.07, 6.45) is 0.636. The Morgan fingerprint density at radius 1 is 1.38 bits per heavy atom. The Morgan fingerprint density at radius 3 is 2.86 bits per heavy atom. The molecule has 0 aliphatic heterocycles. The second-order valence-electron chi connectivity index (χ2n) is 4.89. The zero-order valence-corrected chi connectivity index (χ0v) is 12.1. The molecule has 5 heteroatoms. The molecule has 1 aromatic heterocycles. The molecule has 0 saturated heterocycles. The summed E-state index contributed by atoms with van der Waals surface area (Å²) in [6.45, 7) is 7.40. The normalized spacial score (nSPS) is 10.6. The lowest BCUT2D eigenvalue weighted by atomic mass is 10.1. The number of nitrogens with one attached hydrogen (secondary N) is 1. The van der Waals surface area contributed by atoms with Crippen LogP contribution in [0.4, 0.5) is 0 Å². The van der Waals surface area contributed by atoms with E-state index in [1.807, 2.05) is 25.1 Å². The van der Waals surface area contributed by atoms with Crippen molar-refractivity contribution in [2.75, 3.05) is 6.54 Å². The van der Waals surface area contributed by atoms with Gasteiger partial charge in [0, 0.05) is 23.6 Å². The molecular weight excluding hydrogens is 270 g/mol. The molecule has 0 aliphatic rings. The molecule has 0 amide bonds. The lowest BCUT2D eigenvalue weighted by molar-refractivity contribution is -0.146. The van der Waals surface area contributed by atoms with Crippen molar-refractivity contribution < 1.29 is 14.0 Å². The molecule has 5 nitrogen and oxygen atoms in total. The van der Waals surface area contributed by atoms with Crippen molar-refractivity contribution in [3.63, 3.8) is 0 Å². The van der Waals surface area contributed by atoms with Crippen LogP contribution in [0, 0.1) is 6.92 Å². The van der Waals surface area contributed by atoms with Gasteiger partial charge in [-0.25, -0.2) is 9.59 Å². The molecule has 1 heterocycles. The van der Waals surface area contributed by atoms with Crippen LogP contribution in [0.25, 0.3) is 11.0 Å². The van der Waals surface area contributed by atoms with Crippen molar-refractivity contribution in [1.82, 2.24) is 5.48 Å². The molecule has 2 rings (SSSR count). The van der Waals surface area contributed by atoms with Gasteiger partial charge < -0.3 is 9.25 Å². The molecule has 110 valence electrons. The van der Waals surface area contributed by atoms with Crippen molar-refractivity contribution in [3.8, 4) is 0 Å². The van der Waals surface area contributed by atoms with E-state index in [0.29, 0.717) is 24.1 Å². The molecule has 0 bridgehead atoms. The predicted octanol–water partition coefficient (Wildman–Crippen LogP) is 2.27. The van der Waals surface area contributed by atoms with Gasteiger partial charge in [0.05, 0.1) is 0 Å². The summed E-state index contributed by atoms with van der Waals surface area (Å²) in [6, 6.07) is 7.17. The van der Waals surface area contributed by atoms with Crippen LogP contribution in [0.5, 0.6) is 0 Å². The van der Waals surface area contributed by atoms with E-state index >= 15 is 0 Å². The summed E-state index contributed by atoms with van der Waals surface area (Å²) in [5.41, 5.74) is 5.00. The number of hydroxylamine groups is 1. The molecular formula is C16H17NO4. The third kappa shape index (κ3) is 3.79. The summed E-state index contributed by atoms with van der Waals surface area (Å²) < 4.78 is 5.19. The van der Waals surface area contributed by atoms with Crippen LogP contribution in [0.2, 0.25) is 0 Å². The second-order valence-corrected chi connectivity index (χ2v) is 4.89. The smallest absolute Gasteiger partial charge is 0.351 e. The third-order valence-electron chi connectivity index (χ3n) is 3.04. The number of carbonyl (C=O) groups is 1. The molecule has 0 spiro atoms. The zero-order valence-electron chi connectivity index (χ0n) is 12.1. The monoisotopic (exact) mass is 287 g/mol. The van der Waals surface area contributed by atoms with Crippen LogP contribution >= 0.6 is 0 Å². The van der Waals surface area contributed by atoms with Crippen molar-refractivity contribution in [3.05, 3.63) is 58.0 Å². The molecule has 0 atom stereocenters. The largest absolute Gasteiger partial charge is 0.423 e. The number of benzene rings is 1. The molecule has 1 N–H and O–H groups in total. The van der Waals surface area contributed by atoms with Gasteiger partial charge in [0.1, 0.15) is 5.58 Å². The Kier molecular flexibility index (Phi) is 4.55. The Morgan fingerprint density at radius 2 is 2.14 bits per heavy atom. The highest BCUT2D eigenvalue weighted by molar-refractivity contribution is 5.86. The summed E-state index contributed by atoms with van der Waals surface area (Å²) in [7, 11) is 0. The fraction of sp³-hybridized carbons (Fsp3) is 0.250. The summed E-state index contributed by atoms with van der Waals surface area (Å²) >= 11 is 0. The average Bonchev–Trinajstić information content (AvgIpc) is 2.42. The van der Waals surface area contributed by atoms with E-state index in [1.54, 1.807) is 6.92 Å². The van der Waals surface area contributed by atoms with Gasteiger partial charge in [-0.3, -0.25) is 0 Å². The summed E-state index contributed by atoms with van der Waals surface area (Å²) in [4.78, 5) is 27.3. The lowest BCUT2D eigenvalue weighted by Gasteiger charge is -2.06. The van der Waals surface area contributed by atoms with Gasteiger partial charge in [-0.2, -0.15) is 5.48 Å². The first-order chi connectivity index (χ1) is 9.97. The van der Waals surface area contributed by atoms with Crippen LogP contribution in [-0.2, 0) is 16.1 Å². The number of fused-ring (bicyclic) bond motifs is 1. The van der Waals surface area contributed by atoms with Crippen LogP contribution in [-0.4, -0.2) is 12.5 Å². The lowest BCUT2D eigenvalue weighted by Crippen LogP contribution is -2.22. The van der Waals surface area contributed by atoms with Crippen molar-refractivity contribution in [1.29, 1.82) is 0 Å². The van der Waals surface area contributed by atoms with Crippen molar-refractivity contribution in [2.45, 2.75) is 20.3 Å². The molecule has 2 aromatic rings. The highest BCUT2D eigenvalue weighted by atomic mass is 16.7. The molecule has 0 radical (unpaired) electrons. The maximum Gasteiger partial charge on any atom is 0.351 e. The van der Waals surface area contributed by atoms with E-state index in [0.717, 1.165) is 16.5 Å². The minimum Gasteiger partial charge on any atom is -0.423 e. The Hall–Kier alpha value is -2.40. The SMILES string of the molecule is C=C(C)C(=O)ONCCc1ccc2c(C)cc(=O)oc2c1. The van der Waals surface area contributed by atoms with Gasteiger partial charge in [-0.15, -0.1) is 0 Å². The Labute approximate surface area is 122 Å². The quantitative estimate of drug-likeness (QED) is 0.395. The first-order valence-electron chi connectivity index (χ1n) is 6.60. The molecule has 0 saturated carbocycles. The fourth-order valence-electron chi connectivity index (χ4n) is 1.92. The van der Waals surface area contributed by atoms with Crippen LogP contribution in [0.15, 0.2) is 45.6 Å². The summed E-state index contributed by atoms with van der Waals surface area (Å²) in [5, 5.41) is 0.917. The molecule has 0 aliphatic carbocycles. The third-order valence-corrected chi connectivity index (χ3v) is 3.04. The highest BCUT2D eigenvalue weighted by Crippen LogP contribution is 2.18. The maximum atomic E-state index is 11.4. The van der Waals surface area contributed by atoms with E-state index in [-0.39, 0.29) is 5.63 Å². The van der Waals surface area contributed by atoms with E-state index in [2.05, 4.69) is 12.1 Å². The maximum absolute atomic E-state index is 11.4. The minimum atomic E-state index is -0.477. The fourth-order valence-corrected chi connectivity index (χ4v) is 1.92. The number of aryl methyl sites for hydroxylation is 1. The number of carbonyl (C=O) groups excluding carboxylic acids is 1. The van der Waals surface area contributed by atoms with Crippen LogP contribution < -0.4 is 11.1 Å². The standard InChI is InChI=1S/C16H17NO4/c1-10(2)16(19)21-17-7-6-12-4-5-13-11(3)8-15(18)20-14(13)9-12/h4-5,8-9,17H,1,6-7H2,2-3H3. The van der Waals surface area contributed by atoms with Gasteiger partial charge in [0.15, 0.2) is 0 Å². The number of hydrogen-bond donors (Lipinski definition) is 1. The van der Waals surface area contributed by atoms with Crippen LogP contribution in [0.3, 0.4) is 0 Å². The van der Waals surface area contributed by atoms with E-state index < -0.39 is 5.97 Å². The van der Waals surface area contributed by atoms with E-state index in [9.17, 15) is 9.59 Å². The Balaban J connectivity index is 2.02. The zero-order chi connectivity index (χ0) is 15.4. The molecule has 21 heavy (non-hydrogen) atoms. The summed E-state index contributed by atoms with van der Waals surface area (Å²) in [5.74, 6) is -0.477. The minimum absolute atomic E-state index is 0.338. The average molecular weight is 287 g/mol. The highest BCUT2D eigenvalue weighted by Gasteiger charge is 2.05. The number of rotatable bonds is 5. The molecule has 1 aromatic carbocycles. The number of hydrogen-bond acceptors (Lipinski definition) is 5. The first-order valence-corrected chi connectivity index (χ1v) is 6.60. The molecule has 0 unspecified atom stereocenters. The van der Waals surface area contributed by atoms with Crippen molar-refractivity contribution >= 4 is 16.9 Å². The van der Waals surface area contributed by atoms with Gasteiger partial charge in [-0.05, 0) is 37.5 Å². The van der Waals surface area contributed by atoms with Gasteiger partial charge in [0.2, 0.25) is 0 Å². The van der Waals surface area contributed by atoms with E-state index in [1.165, 1.54) is 6.07 Å². The van der Waals surface area contributed by atoms with Crippen molar-refractivity contribution in [2.24, 2.45) is 0 Å². The van der Waals surface area contributed by atoms with Gasteiger partial charge in [-0.1, -0.05) is 18.7 Å². The predicted molar refractivity (Wildman–Crippen MR) is 79.8 cm³/mol. The van der Waals surface area contributed by atoms with E-state index in [4.69, 9.17) is 9.25 Å². The topological polar surface area (TPSA) is 68.5 Å². The van der Waals surface area contributed by atoms with Crippen LogP contribution in [0.1, 0.15) is 18.1 Å². The Bertz CT molecular complexity index is 746. The second kappa shape index (κ2) is 6.37.